The number of rotatable bonds is 0. The van der Waals surface area contributed by atoms with Crippen molar-refractivity contribution in [2.45, 2.75) is 13.8 Å². The maximum Gasteiger partial charge on any atom is 0.286 e. The second-order valence-corrected chi connectivity index (χ2v) is 5.82. The summed E-state index contributed by atoms with van der Waals surface area (Å²) < 4.78 is 2.28. The summed E-state index contributed by atoms with van der Waals surface area (Å²) in [6.45, 7) is 3.39. The van der Waals surface area contributed by atoms with Gasteiger partial charge in [0.05, 0.1) is 4.76 Å². The number of nitrogens with zero attached hydrogens (tertiary/aromatic N) is 2. The third kappa shape index (κ3) is 2.41. The van der Waals surface area contributed by atoms with Crippen molar-refractivity contribution in [2.24, 2.45) is 0 Å². The molecule has 0 spiro atoms. The SMILES string of the molecule is CC1=CC(Br)=CC(=C2C=C(Br)C=C(C)[N+]2=O)N1[O-]. The van der Waals surface area contributed by atoms with Crippen molar-refractivity contribution < 1.29 is 4.76 Å². The standard InChI is InChI=1S/C12H10Br2N2O2/c1-7-3-9(13)5-11(15(7)17)12-6-10(14)4-8(2)16(12)18/h3-6H,1-2H3. The summed E-state index contributed by atoms with van der Waals surface area (Å²) >= 11 is 6.66. The van der Waals surface area contributed by atoms with Crippen molar-refractivity contribution in [2.75, 3.05) is 0 Å². The van der Waals surface area contributed by atoms with Crippen LogP contribution in [0.5, 0.6) is 0 Å². The summed E-state index contributed by atoms with van der Waals surface area (Å²) in [5, 5.41) is 12.8. The highest BCUT2D eigenvalue weighted by Crippen LogP contribution is 2.31. The van der Waals surface area contributed by atoms with E-state index in [-0.39, 0.29) is 0 Å². The zero-order chi connectivity index (χ0) is 13.4. The fourth-order valence-electron chi connectivity index (χ4n) is 1.71. The van der Waals surface area contributed by atoms with E-state index in [4.69, 9.17) is 0 Å². The van der Waals surface area contributed by atoms with E-state index < -0.39 is 0 Å². The average molecular weight is 374 g/mol. The second-order valence-electron chi connectivity index (χ2n) is 3.99. The third-order valence-electron chi connectivity index (χ3n) is 2.58. The number of nitroso groups, excluding NO2 is 1. The molecule has 0 aromatic rings. The van der Waals surface area contributed by atoms with Gasteiger partial charge >= 0.3 is 0 Å². The molecule has 0 atom stereocenters. The van der Waals surface area contributed by atoms with Gasteiger partial charge in [-0.1, -0.05) is 31.9 Å². The molecule has 2 rings (SSSR count). The van der Waals surface area contributed by atoms with Crippen LogP contribution >= 0.6 is 31.9 Å². The van der Waals surface area contributed by atoms with E-state index in [0.29, 0.717) is 22.8 Å². The zero-order valence-corrected chi connectivity index (χ0v) is 12.9. The molecule has 0 amide bonds. The van der Waals surface area contributed by atoms with Crippen LogP contribution in [0.3, 0.4) is 0 Å². The van der Waals surface area contributed by atoms with E-state index in [1.165, 1.54) is 0 Å². The number of hydrogen-bond donors (Lipinski definition) is 0. The fourth-order valence-corrected chi connectivity index (χ4v) is 2.81. The van der Waals surface area contributed by atoms with Gasteiger partial charge in [0.15, 0.2) is 0 Å². The predicted molar refractivity (Wildman–Crippen MR) is 77.4 cm³/mol. The highest BCUT2D eigenvalue weighted by Gasteiger charge is 2.29. The van der Waals surface area contributed by atoms with E-state index in [1.807, 2.05) is 0 Å². The van der Waals surface area contributed by atoms with Gasteiger partial charge in [0, 0.05) is 38.6 Å². The van der Waals surface area contributed by atoms with Crippen molar-refractivity contribution in [3.8, 4) is 0 Å². The topological polar surface area (TPSA) is 46.4 Å². The van der Waals surface area contributed by atoms with Gasteiger partial charge in [0.25, 0.3) is 5.70 Å². The lowest BCUT2D eigenvalue weighted by Gasteiger charge is -2.34. The molecule has 0 aromatic carbocycles. The Balaban J connectivity index is 2.59. The fraction of sp³-hybridized carbons (Fsp3) is 0.167. The van der Waals surface area contributed by atoms with Gasteiger partial charge in [-0.2, -0.15) is 0 Å². The van der Waals surface area contributed by atoms with Gasteiger partial charge in [-0.05, 0) is 19.1 Å². The van der Waals surface area contributed by atoms with Crippen LogP contribution in [-0.4, -0.2) is 9.82 Å². The minimum absolute atomic E-state index is 0.321. The number of hydroxylamine groups is 2. The molecule has 18 heavy (non-hydrogen) atoms. The lowest BCUT2D eigenvalue weighted by atomic mass is 10.1. The smallest absolute Gasteiger partial charge is 0.286 e. The Morgan fingerprint density at radius 1 is 1.11 bits per heavy atom. The largest absolute Gasteiger partial charge is 0.754 e. The van der Waals surface area contributed by atoms with Crippen molar-refractivity contribution in [1.82, 2.24) is 5.06 Å². The molecule has 2 aliphatic heterocycles. The Hall–Kier alpha value is -0.980. The van der Waals surface area contributed by atoms with Crippen LogP contribution < -0.4 is 0 Å². The van der Waals surface area contributed by atoms with Gasteiger partial charge in [-0.15, -0.1) is 0 Å². The third-order valence-corrected chi connectivity index (χ3v) is 3.50. The molecule has 2 heterocycles. The molecule has 2 aliphatic rings. The summed E-state index contributed by atoms with van der Waals surface area (Å²) in [6, 6.07) is 0. The van der Waals surface area contributed by atoms with E-state index in [9.17, 15) is 10.1 Å². The van der Waals surface area contributed by atoms with E-state index in [1.54, 1.807) is 38.2 Å². The van der Waals surface area contributed by atoms with Crippen LogP contribution in [0.4, 0.5) is 0 Å². The minimum atomic E-state index is 0.321. The lowest BCUT2D eigenvalue weighted by Crippen LogP contribution is -2.21. The Morgan fingerprint density at radius 2 is 1.72 bits per heavy atom. The second kappa shape index (κ2) is 4.95. The lowest BCUT2D eigenvalue weighted by molar-refractivity contribution is -0.442. The van der Waals surface area contributed by atoms with Crippen molar-refractivity contribution in [3.05, 3.63) is 66.2 Å². The van der Waals surface area contributed by atoms with E-state index in [0.717, 1.165) is 18.8 Å². The molecule has 0 aromatic heterocycles. The molecule has 6 heteroatoms. The Bertz CT molecular complexity index is 583. The van der Waals surface area contributed by atoms with Crippen LogP contribution in [0, 0.1) is 10.1 Å². The number of allylic oxidation sites excluding steroid dienone is 8. The molecule has 94 valence electrons. The van der Waals surface area contributed by atoms with E-state index in [2.05, 4.69) is 31.9 Å². The molecule has 0 aliphatic carbocycles. The Morgan fingerprint density at radius 3 is 2.39 bits per heavy atom. The first kappa shape index (κ1) is 13.5. The highest BCUT2D eigenvalue weighted by atomic mass is 79.9. The number of hydrogen-bond acceptors (Lipinski definition) is 3. The van der Waals surface area contributed by atoms with Gasteiger partial charge < -0.3 is 10.3 Å². The van der Waals surface area contributed by atoms with Crippen LogP contribution in [0.2, 0.25) is 0 Å². The molecule has 0 radical (unpaired) electrons. The summed E-state index contributed by atoms with van der Waals surface area (Å²) in [7, 11) is 0. The molecular weight excluding hydrogens is 364 g/mol. The van der Waals surface area contributed by atoms with Crippen LogP contribution in [0.15, 0.2) is 56.1 Å². The first-order valence-corrected chi connectivity index (χ1v) is 6.78. The molecule has 0 saturated heterocycles. The first-order valence-electron chi connectivity index (χ1n) is 5.20. The average Bonchev–Trinajstić information content (AvgIpc) is 2.28. The summed E-state index contributed by atoms with van der Waals surface area (Å²) in [5.74, 6) is 0. The molecule has 0 bridgehead atoms. The van der Waals surface area contributed by atoms with Gasteiger partial charge in [0.1, 0.15) is 5.70 Å². The monoisotopic (exact) mass is 372 g/mol. The van der Waals surface area contributed by atoms with Gasteiger partial charge in [-0.3, -0.25) is 0 Å². The molecule has 0 saturated carbocycles. The highest BCUT2D eigenvalue weighted by molar-refractivity contribution is 9.12. The molecule has 0 N–H and O–H groups in total. The normalized spacial score (nSPS) is 24.5. The van der Waals surface area contributed by atoms with Gasteiger partial charge in [-0.25, -0.2) is 0 Å². The Labute approximate surface area is 121 Å². The zero-order valence-electron chi connectivity index (χ0n) is 9.78. The van der Waals surface area contributed by atoms with Crippen LogP contribution in [-0.2, 0) is 0 Å². The number of halogens is 2. The maximum absolute atomic E-state index is 12.0. The van der Waals surface area contributed by atoms with Gasteiger partial charge in [0.2, 0.25) is 5.70 Å². The van der Waals surface area contributed by atoms with Crippen molar-refractivity contribution in [3.63, 3.8) is 0 Å². The molecular formula is C12H10Br2N2O2. The summed E-state index contributed by atoms with van der Waals surface area (Å²) in [6.07, 6.45) is 6.68. The molecule has 0 fully saturated rings. The van der Waals surface area contributed by atoms with Crippen molar-refractivity contribution in [1.29, 1.82) is 0 Å². The Kier molecular flexibility index (Phi) is 3.70. The minimum Gasteiger partial charge on any atom is -0.754 e. The maximum atomic E-state index is 12.0. The first-order chi connectivity index (χ1) is 8.40. The van der Waals surface area contributed by atoms with Crippen LogP contribution in [0.25, 0.3) is 0 Å². The summed E-state index contributed by atoms with van der Waals surface area (Å²) in [4.78, 5) is 12.0. The van der Waals surface area contributed by atoms with E-state index >= 15 is 0 Å². The quantitative estimate of drug-likeness (QED) is 0.598. The molecule has 4 nitrogen and oxygen atoms in total. The molecule has 0 unspecified atom stereocenters. The summed E-state index contributed by atoms with van der Waals surface area (Å²) in [5.41, 5.74) is 1.69. The predicted octanol–water partition coefficient (Wildman–Crippen LogP) is 4.17. The van der Waals surface area contributed by atoms with Crippen LogP contribution in [0.1, 0.15) is 13.8 Å². The van der Waals surface area contributed by atoms with Crippen molar-refractivity contribution >= 4 is 31.9 Å².